The number of carbonyl (C=O) groups excluding carboxylic acids is 2. The highest BCUT2D eigenvalue weighted by Gasteiger charge is 2.17. The summed E-state index contributed by atoms with van der Waals surface area (Å²) in [5.41, 5.74) is 2.33. The lowest BCUT2D eigenvalue weighted by molar-refractivity contribution is -0.789. The van der Waals surface area contributed by atoms with Crippen molar-refractivity contribution < 1.29 is 38.9 Å². The molecule has 1 aromatic heterocycles. The summed E-state index contributed by atoms with van der Waals surface area (Å²) in [5, 5.41) is 17.2. The summed E-state index contributed by atoms with van der Waals surface area (Å²) < 4.78 is 11.7. The van der Waals surface area contributed by atoms with Gasteiger partial charge >= 0.3 is 5.97 Å². The van der Waals surface area contributed by atoms with Crippen LogP contribution in [0.15, 0.2) is 48.5 Å². The zero-order valence-electron chi connectivity index (χ0n) is 20.8. The monoisotopic (exact) mass is 597 g/mol. The van der Waals surface area contributed by atoms with E-state index in [0.717, 1.165) is 20.0 Å². The van der Waals surface area contributed by atoms with Crippen molar-refractivity contribution in [2.75, 3.05) is 32.7 Å². The zero-order chi connectivity index (χ0) is 28.9. The van der Waals surface area contributed by atoms with Gasteiger partial charge in [0.05, 0.1) is 7.11 Å². The third-order valence-electron chi connectivity index (χ3n) is 4.69. The standard InChI is InChI=1S/C19H17NO3S3.C4H6N2O7/c1-20(2)13-6-9-16(22-3)15(10-13)19(21)23-14-7-4-12(5-8-14)17-11-18(24)26-25-17;7-2-1-4(13-6(10)11)3-12-5(8)9/h4-11H,1-3H3;2,4H,1,3H2. The fourth-order valence-corrected chi connectivity index (χ4v) is 5.27. The van der Waals surface area contributed by atoms with Crippen LogP contribution >= 0.6 is 32.9 Å². The van der Waals surface area contributed by atoms with Crippen molar-refractivity contribution in [3.63, 3.8) is 0 Å². The minimum atomic E-state index is -1.24. The average Bonchev–Trinajstić information content (AvgIpc) is 3.33. The summed E-state index contributed by atoms with van der Waals surface area (Å²) >= 11 is 5.17. The largest absolute Gasteiger partial charge is 0.496 e. The number of carbonyl (C=O) groups is 2. The molecule has 0 saturated carbocycles. The van der Waals surface area contributed by atoms with Gasteiger partial charge in [0.1, 0.15) is 39.9 Å². The van der Waals surface area contributed by atoms with Gasteiger partial charge in [-0.3, -0.25) is 0 Å². The molecule has 208 valence electrons. The van der Waals surface area contributed by atoms with Crippen molar-refractivity contribution in [1.82, 2.24) is 0 Å². The number of nitrogens with zero attached hydrogens (tertiary/aromatic N) is 3. The summed E-state index contributed by atoms with van der Waals surface area (Å²) in [6.45, 7) is -0.646. The van der Waals surface area contributed by atoms with Crippen LogP contribution in [-0.4, -0.2) is 56.3 Å². The van der Waals surface area contributed by atoms with E-state index in [0.29, 0.717) is 23.3 Å². The second-order valence-corrected chi connectivity index (χ2v) is 10.5. The van der Waals surface area contributed by atoms with Crippen LogP contribution in [0, 0.1) is 24.1 Å². The maximum Gasteiger partial charge on any atom is 0.347 e. The van der Waals surface area contributed by atoms with E-state index < -0.39 is 28.9 Å². The van der Waals surface area contributed by atoms with Crippen LogP contribution in [0.25, 0.3) is 10.4 Å². The van der Waals surface area contributed by atoms with Gasteiger partial charge in [-0.2, -0.15) is 0 Å². The van der Waals surface area contributed by atoms with E-state index in [1.807, 2.05) is 43.3 Å². The quantitative estimate of drug-likeness (QED) is 0.0531. The highest BCUT2D eigenvalue weighted by Crippen LogP contribution is 2.31. The molecule has 0 radical (unpaired) electrons. The first-order chi connectivity index (χ1) is 18.5. The summed E-state index contributed by atoms with van der Waals surface area (Å²) in [6.07, 6.45) is -1.23. The first-order valence-electron chi connectivity index (χ1n) is 10.8. The third-order valence-corrected chi connectivity index (χ3v) is 7.60. The maximum atomic E-state index is 12.6. The van der Waals surface area contributed by atoms with Crippen LogP contribution in [0.4, 0.5) is 5.69 Å². The Morgan fingerprint density at radius 1 is 1.08 bits per heavy atom. The molecular formula is C23H23N3O10S3. The van der Waals surface area contributed by atoms with Crippen molar-refractivity contribution in [3.05, 3.63) is 78.1 Å². The lowest BCUT2D eigenvalue weighted by atomic mass is 10.1. The zero-order valence-corrected chi connectivity index (χ0v) is 23.3. The van der Waals surface area contributed by atoms with Gasteiger partial charge in [-0.05, 0) is 54.1 Å². The Hall–Kier alpha value is -4.15. The van der Waals surface area contributed by atoms with Crippen molar-refractivity contribution in [1.29, 1.82) is 0 Å². The number of anilines is 1. The van der Waals surface area contributed by atoms with Gasteiger partial charge in [0, 0.05) is 31.1 Å². The topological polar surface area (TPSA) is 161 Å². The van der Waals surface area contributed by atoms with Crippen LogP contribution < -0.4 is 14.4 Å². The summed E-state index contributed by atoms with van der Waals surface area (Å²) in [7, 11) is 8.57. The van der Waals surface area contributed by atoms with E-state index in [9.17, 15) is 29.8 Å². The molecular weight excluding hydrogens is 574 g/mol. The molecule has 0 saturated heterocycles. The van der Waals surface area contributed by atoms with Gasteiger partial charge in [-0.15, -0.1) is 20.2 Å². The Labute approximate surface area is 234 Å². The summed E-state index contributed by atoms with van der Waals surface area (Å²) in [6, 6.07) is 14.8. The molecule has 16 heteroatoms. The Morgan fingerprint density at radius 3 is 2.28 bits per heavy atom. The molecule has 1 unspecified atom stereocenters. The van der Waals surface area contributed by atoms with Crippen molar-refractivity contribution >= 4 is 50.8 Å². The summed E-state index contributed by atoms with van der Waals surface area (Å²) in [5.74, 6) is 0.509. The van der Waals surface area contributed by atoms with E-state index in [1.54, 1.807) is 44.9 Å². The molecule has 0 spiro atoms. The SMILES string of the molecule is COc1ccc(N(C)C)cc1C(=O)Oc1ccc(-c2cc(=S)ss2)cc1.O=CCC(CO[N+](=O)[O-])O[N+](=O)[O-]. The molecule has 0 bridgehead atoms. The minimum absolute atomic E-state index is 0.338. The molecule has 13 nitrogen and oxygen atoms in total. The van der Waals surface area contributed by atoms with Crippen molar-refractivity contribution in [3.8, 4) is 21.9 Å². The third kappa shape index (κ3) is 10.3. The second-order valence-electron chi connectivity index (χ2n) is 7.56. The predicted octanol–water partition coefficient (Wildman–Crippen LogP) is 4.86. The van der Waals surface area contributed by atoms with E-state index in [1.165, 1.54) is 7.11 Å². The van der Waals surface area contributed by atoms with Crippen LogP contribution in [0.5, 0.6) is 11.5 Å². The van der Waals surface area contributed by atoms with Crippen LogP contribution in [0.3, 0.4) is 0 Å². The van der Waals surface area contributed by atoms with Gasteiger partial charge in [0.25, 0.3) is 10.2 Å². The first kappa shape index (κ1) is 31.1. The molecule has 0 fully saturated rings. The van der Waals surface area contributed by atoms with Gasteiger partial charge in [-0.25, -0.2) is 4.79 Å². The molecule has 3 aromatic rings. The second kappa shape index (κ2) is 15.3. The summed E-state index contributed by atoms with van der Waals surface area (Å²) in [4.78, 5) is 52.7. The van der Waals surface area contributed by atoms with E-state index in [4.69, 9.17) is 21.7 Å². The predicted molar refractivity (Wildman–Crippen MR) is 146 cm³/mol. The maximum absolute atomic E-state index is 12.6. The highest BCUT2D eigenvalue weighted by atomic mass is 32.9. The Morgan fingerprint density at radius 2 is 1.77 bits per heavy atom. The van der Waals surface area contributed by atoms with Crippen molar-refractivity contribution in [2.24, 2.45) is 0 Å². The van der Waals surface area contributed by atoms with Crippen LogP contribution in [0.1, 0.15) is 16.8 Å². The number of hydrogen-bond acceptors (Lipinski definition) is 14. The number of methoxy groups -OCH3 is 1. The minimum Gasteiger partial charge on any atom is -0.496 e. The van der Waals surface area contributed by atoms with E-state index in [-0.39, 0.29) is 6.42 Å². The molecule has 0 aliphatic heterocycles. The fourth-order valence-electron chi connectivity index (χ4n) is 2.87. The van der Waals surface area contributed by atoms with Crippen molar-refractivity contribution in [2.45, 2.75) is 12.5 Å². The lowest BCUT2D eigenvalue weighted by Gasteiger charge is -2.15. The van der Waals surface area contributed by atoms with Gasteiger partial charge in [0.2, 0.25) is 0 Å². The first-order valence-corrected chi connectivity index (χ1v) is 13.4. The lowest BCUT2D eigenvalue weighted by Crippen LogP contribution is -2.24. The number of benzene rings is 2. The van der Waals surface area contributed by atoms with Gasteiger partial charge in [-0.1, -0.05) is 32.9 Å². The molecule has 3 rings (SSSR count). The number of rotatable bonds is 12. The molecule has 1 atom stereocenters. The number of aldehydes is 1. The fraction of sp³-hybridized carbons (Fsp3) is 0.261. The van der Waals surface area contributed by atoms with E-state index >= 15 is 0 Å². The molecule has 39 heavy (non-hydrogen) atoms. The molecule has 2 aromatic carbocycles. The average molecular weight is 598 g/mol. The Bertz CT molecular complexity index is 1340. The van der Waals surface area contributed by atoms with Crippen LogP contribution in [-0.2, 0) is 14.5 Å². The van der Waals surface area contributed by atoms with Gasteiger partial charge < -0.3 is 28.8 Å². The molecule has 0 amide bonds. The Balaban J connectivity index is 0.000000349. The number of ether oxygens (including phenoxy) is 2. The molecule has 0 aliphatic carbocycles. The van der Waals surface area contributed by atoms with Gasteiger partial charge in [0.15, 0.2) is 0 Å². The smallest absolute Gasteiger partial charge is 0.347 e. The highest BCUT2D eigenvalue weighted by molar-refractivity contribution is 7.80. The van der Waals surface area contributed by atoms with Crippen LogP contribution in [0.2, 0.25) is 0 Å². The molecule has 0 N–H and O–H groups in total. The normalized spacial score (nSPS) is 10.7. The van der Waals surface area contributed by atoms with E-state index in [2.05, 4.69) is 9.68 Å². The number of hydrogen-bond donors (Lipinski definition) is 0. The molecule has 1 heterocycles. The molecule has 0 aliphatic rings. The Kier molecular flexibility index (Phi) is 12.2. The number of esters is 1.